The third-order valence-electron chi connectivity index (χ3n) is 4.05. The number of ether oxygens (including phenoxy) is 1. The van der Waals surface area contributed by atoms with E-state index in [-0.39, 0.29) is 6.04 Å². The largest absolute Gasteiger partial charge is 0.378 e. The van der Waals surface area contributed by atoms with Crippen molar-refractivity contribution in [3.8, 4) is 6.07 Å². The number of nitriles is 1. The lowest BCUT2D eigenvalue weighted by molar-refractivity contribution is 0.122. The Morgan fingerprint density at radius 3 is 2.65 bits per heavy atom. The molecule has 23 heavy (non-hydrogen) atoms. The molecule has 1 aromatic heterocycles. The number of rotatable bonds is 4. The first-order valence-corrected chi connectivity index (χ1v) is 7.82. The molecular weight excluding hydrogens is 288 g/mol. The quantitative estimate of drug-likeness (QED) is 0.941. The summed E-state index contributed by atoms with van der Waals surface area (Å²) in [5.41, 5.74) is 2.95. The molecule has 1 saturated heterocycles. The highest BCUT2D eigenvalue weighted by molar-refractivity contribution is 5.53. The number of nitrogens with zero attached hydrogens (tertiary/aromatic N) is 3. The van der Waals surface area contributed by atoms with Crippen LogP contribution in [0.1, 0.15) is 24.1 Å². The van der Waals surface area contributed by atoms with E-state index >= 15 is 0 Å². The molecule has 5 nitrogen and oxygen atoms in total. The Labute approximate surface area is 136 Å². The van der Waals surface area contributed by atoms with Crippen molar-refractivity contribution in [3.05, 3.63) is 53.7 Å². The van der Waals surface area contributed by atoms with Crippen molar-refractivity contribution in [2.45, 2.75) is 13.0 Å². The van der Waals surface area contributed by atoms with Gasteiger partial charge in [0.25, 0.3) is 0 Å². The zero-order chi connectivity index (χ0) is 16.1. The number of nitrogens with one attached hydrogen (secondary N) is 1. The van der Waals surface area contributed by atoms with Crippen molar-refractivity contribution in [2.24, 2.45) is 0 Å². The molecule has 118 valence electrons. The van der Waals surface area contributed by atoms with E-state index in [1.807, 2.05) is 0 Å². The SMILES string of the molecule is C[C@H](Nc1ncccc1C#N)c1ccc(N2CCOCC2)cc1. The van der Waals surface area contributed by atoms with Crippen molar-refractivity contribution in [1.29, 1.82) is 5.26 Å². The smallest absolute Gasteiger partial charge is 0.144 e. The van der Waals surface area contributed by atoms with E-state index < -0.39 is 0 Å². The third-order valence-corrected chi connectivity index (χ3v) is 4.05. The van der Waals surface area contributed by atoms with Gasteiger partial charge in [-0.3, -0.25) is 0 Å². The number of aromatic nitrogens is 1. The highest BCUT2D eigenvalue weighted by Crippen LogP contribution is 2.23. The first-order chi connectivity index (χ1) is 11.3. The van der Waals surface area contributed by atoms with Crippen LogP contribution in [0.5, 0.6) is 0 Å². The zero-order valence-corrected chi connectivity index (χ0v) is 13.2. The van der Waals surface area contributed by atoms with Gasteiger partial charge in [0, 0.05) is 31.0 Å². The summed E-state index contributed by atoms with van der Waals surface area (Å²) in [6.07, 6.45) is 1.69. The summed E-state index contributed by atoms with van der Waals surface area (Å²) >= 11 is 0. The summed E-state index contributed by atoms with van der Waals surface area (Å²) in [5, 5.41) is 12.4. The van der Waals surface area contributed by atoms with E-state index in [0.717, 1.165) is 31.9 Å². The Morgan fingerprint density at radius 2 is 1.96 bits per heavy atom. The lowest BCUT2D eigenvalue weighted by atomic mass is 10.1. The molecule has 0 aliphatic carbocycles. The minimum Gasteiger partial charge on any atom is -0.378 e. The van der Waals surface area contributed by atoms with E-state index in [0.29, 0.717) is 11.4 Å². The van der Waals surface area contributed by atoms with Crippen LogP contribution in [0.15, 0.2) is 42.6 Å². The fourth-order valence-corrected chi connectivity index (χ4v) is 2.69. The van der Waals surface area contributed by atoms with Gasteiger partial charge < -0.3 is 15.0 Å². The number of morpholine rings is 1. The topological polar surface area (TPSA) is 61.2 Å². The van der Waals surface area contributed by atoms with Crippen LogP contribution in [-0.4, -0.2) is 31.3 Å². The molecule has 0 spiro atoms. The molecule has 2 aromatic rings. The second-order valence-corrected chi connectivity index (χ2v) is 5.57. The van der Waals surface area contributed by atoms with Gasteiger partial charge in [-0.1, -0.05) is 12.1 Å². The Kier molecular flexibility index (Phi) is 4.74. The maximum Gasteiger partial charge on any atom is 0.144 e. The normalized spacial score (nSPS) is 15.7. The fourth-order valence-electron chi connectivity index (χ4n) is 2.69. The molecule has 1 aromatic carbocycles. The summed E-state index contributed by atoms with van der Waals surface area (Å²) in [6, 6.07) is 14.3. The summed E-state index contributed by atoms with van der Waals surface area (Å²) in [5.74, 6) is 0.625. The van der Waals surface area contributed by atoms with E-state index in [2.05, 4.69) is 52.5 Å². The maximum atomic E-state index is 9.14. The number of anilines is 2. The minimum atomic E-state index is 0.0794. The maximum absolute atomic E-state index is 9.14. The highest BCUT2D eigenvalue weighted by atomic mass is 16.5. The molecule has 0 saturated carbocycles. The summed E-state index contributed by atoms with van der Waals surface area (Å²) in [4.78, 5) is 6.58. The van der Waals surface area contributed by atoms with Crippen molar-refractivity contribution in [3.63, 3.8) is 0 Å². The van der Waals surface area contributed by atoms with Crippen LogP contribution in [0.3, 0.4) is 0 Å². The Bertz CT molecular complexity index is 687. The minimum absolute atomic E-state index is 0.0794. The van der Waals surface area contributed by atoms with Crippen LogP contribution >= 0.6 is 0 Å². The van der Waals surface area contributed by atoms with Crippen molar-refractivity contribution in [1.82, 2.24) is 4.98 Å². The fraction of sp³-hybridized carbons (Fsp3) is 0.333. The second kappa shape index (κ2) is 7.12. The van der Waals surface area contributed by atoms with Crippen LogP contribution in [0.2, 0.25) is 0 Å². The van der Waals surface area contributed by atoms with E-state index in [1.165, 1.54) is 5.69 Å². The molecule has 5 heteroatoms. The van der Waals surface area contributed by atoms with Crippen molar-refractivity contribution in [2.75, 3.05) is 36.5 Å². The highest BCUT2D eigenvalue weighted by Gasteiger charge is 2.13. The molecule has 0 radical (unpaired) electrons. The van der Waals surface area contributed by atoms with Gasteiger partial charge in [0.15, 0.2) is 0 Å². The molecule has 0 unspecified atom stereocenters. The van der Waals surface area contributed by atoms with Crippen LogP contribution in [-0.2, 0) is 4.74 Å². The third kappa shape index (κ3) is 3.61. The summed E-state index contributed by atoms with van der Waals surface area (Å²) in [6.45, 7) is 5.52. The van der Waals surface area contributed by atoms with Gasteiger partial charge >= 0.3 is 0 Å². The Balaban J connectivity index is 1.70. The molecule has 1 N–H and O–H groups in total. The number of pyridine rings is 1. The van der Waals surface area contributed by atoms with Gasteiger partial charge in [0.1, 0.15) is 11.9 Å². The first-order valence-electron chi connectivity index (χ1n) is 7.82. The van der Waals surface area contributed by atoms with Crippen LogP contribution in [0.4, 0.5) is 11.5 Å². The molecule has 1 aliphatic rings. The second-order valence-electron chi connectivity index (χ2n) is 5.57. The van der Waals surface area contributed by atoms with Gasteiger partial charge in [-0.25, -0.2) is 4.98 Å². The Morgan fingerprint density at radius 1 is 1.22 bits per heavy atom. The van der Waals surface area contributed by atoms with Gasteiger partial charge in [-0.05, 0) is 36.8 Å². The summed E-state index contributed by atoms with van der Waals surface area (Å²) in [7, 11) is 0. The van der Waals surface area contributed by atoms with E-state index in [9.17, 15) is 0 Å². The van der Waals surface area contributed by atoms with Gasteiger partial charge in [-0.2, -0.15) is 5.26 Å². The molecule has 1 fully saturated rings. The zero-order valence-electron chi connectivity index (χ0n) is 13.2. The average molecular weight is 308 g/mol. The predicted octanol–water partition coefficient (Wildman–Crippen LogP) is 2.96. The molecule has 1 aliphatic heterocycles. The monoisotopic (exact) mass is 308 g/mol. The van der Waals surface area contributed by atoms with E-state index in [1.54, 1.807) is 18.3 Å². The molecule has 2 heterocycles. The van der Waals surface area contributed by atoms with E-state index in [4.69, 9.17) is 10.00 Å². The molecule has 1 atom stereocenters. The van der Waals surface area contributed by atoms with Gasteiger partial charge in [0.2, 0.25) is 0 Å². The number of benzene rings is 1. The van der Waals surface area contributed by atoms with Crippen molar-refractivity contribution < 1.29 is 4.74 Å². The Hall–Kier alpha value is -2.58. The standard InChI is InChI=1S/C18H20N4O/c1-14(21-18-16(13-19)3-2-8-20-18)15-4-6-17(7-5-15)22-9-11-23-12-10-22/h2-8,14H,9-12H2,1H3,(H,20,21)/t14-/m0/s1. The van der Waals surface area contributed by atoms with Crippen LogP contribution < -0.4 is 10.2 Å². The average Bonchev–Trinajstić information content (AvgIpc) is 2.63. The number of hydrogen-bond donors (Lipinski definition) is 1. The summed E-state index contributed by atoms with van der Waals surface area (Å²) < 4.78 is 5.39. The first kappa shape index (κ1) is 15.3. The lowest BCUT2D eigenvalue weighted by Gasteiger charge is -2.29. The molecule has 3 rings (SSSR count). The van der Waals surface area contributed by atoms with Crippen LogP contribution in [0.25, 0.3) is 0 Å². The number of hydrogen-bond acceptors (Lipinski definition) is 5. The molecular formula is C18H20N4O. The van der Waals surface area contributed by atoms with Gasteiger partial charge in [0.05, 0.1) is 18.8 Å². The van der Waals surface area contributed by atoms with Crippen LogP contribution in [0, 0.1) is 11.3 Å². The lowest BCUT2D eigenvalue weighted by Crippen LogP contribution is -2.36. The van der Waals surface area contributed by atoms with Crippen molar-refractivity contribution >= 4 is 11.5 Å². The molecule has 0 amide bonds. The molecule has 0 bridgehead atoms. The predicted molar refractivity (Wildman–Crippen MR) is 90.5 cm³/mol. The van der Waals surface area contributed by atoms with Gasteiger partial charge in [-0.15, -0.1) is 0 Å².